The van der Waals surface area contributed by atoms with E-state index in [1.165, 1.54) is 0 Å². The van der Waals surface area contributed by atoms with Gasteiger partial charge in [0.2, 0.25) is 5.91 Å². The van der Waals surface area contributed by atoms with Gasteiger partial charge in [-0.25, -0.2) is 0 Å². The standard InChI is InChI=1S/C21H24N2O4/c1-15-8-10-17(11-9-15)27-19-7-3-2-6-18(19)22-20(24)14-23-12-4-5-16(13-23)21(25)26/h2-3,6-11,16H,4-5,12-14H2,1H3,(H,22,24)(H,25,26). The average Bonchev–Trinajstić information content (AvgIpc) is 2.65. The van der Waals surface area contributed by atoms with E-state index in [2.05, 4.69) is 5.32 Å². The summed E-state index contributed by atoms with van der Waals surface area (Å²) in [7, 11) is 0. The molecule has 142 valence electrons. The van der Waals surface area contributed by atoms with Crippen molar-refractivity contribution in [2.24, 2.45) is 5.92 Å². The van der Waals surface area contributed by atoms with Crippen molar-refractivity contribution in [3.63, 3.8) is 0 Å². The third-order valence-electron chi connectivity index (χ3n) is 4.63. The molecule has 1 saturated heterocycles. The third-order valence-corrected chi connectivity index (χ3v) is 4.63. The van der Waals surface area contributed by atoms with Gasteiger partial charge in [-0.3, -0.25) is 14.5 Å². The maximum Gasteiger partial charge on any atom is 0.307 e. The zero-order chi connectivity index (χ0) is 19.2. The first kappa shape index (κ1) is 18.9. The molecule has 0 radical (unpaired) electrons. The summed E-state index contributed by atoms with van der Waals surface area (Å²) in [6.07, 6.45) is 1.46. The first-order valence-electron chi connectivity index (χ1n) is 9.10. The Hall–Kier alpha value is -2.86. The number of carbonyl (C=O) groups excluding carboxylic acids is 1. The Morgan fingerprint density at radius 1 is 1.19 bits per heavy atom. The van der Waals surface area contributed by atoms with Crippen LogP contribution in [0.1, 0.15) is 18.4 Å². The molecule has 2 aromatic carbocycles. The van der Waals surface area contributed by atoms with E-state index in [-0.39, 0.29) is 12.5 Å². The van der Waals surface area contributed by atoms with Crippen molar-refractivity contribution in [2.75, 3.05) is 25.0 Å². The first-order chi connectivity index (χ1) is 13.0. The number of carboxylic acids is 1. The van der Waals surface area contributed by atoms with E-state index in [0.29, 0.717) is 30.2 Å². The predicted octanol–water partition coefficient (Wildman–Crippen LogP) is 3.52. The summed E-state index contributed by atoms with van der Waals surface area (Å²) in [6, 6.07) is 15.0. The molecule has 27 heavy (non-hydrogen) atoms. The Bertz CT molecular complexity index is 804. The lowest BCUT2D eigenvalue weighted by Crippen LogP contribution is -2.42. The van der Waals surface area contributed by atoms with Crippen LogP contribution in [0.5, 0.6) is 11.5 Å². The summed E-state index contributed by atoms with van der Waals surface area (Å²) in [5, 5.41) is 12.1. The second-order valence-electron chi connectivity index (χ2n) is 6.87. The largest absolute Gasteiger partial charge is 0.481 e. The van der Waals surface area contributed by atoms with Gasteiger partial charge in [-0.05, 0) is 50.6 Å². The summed E-state index contributed by atoms with van der Waals surface area (Å²) in [5.41, 5.74) is 1.74. The molecule has 1 atom stereocenters. The lowest BCUT2D eigenvalue weighted by Gasteiger charge is -2.30. The van der Waals surface area contributed by atoms with Crippen LogP contribution in [0.4, 0.5) is 5.69 Å². The number of hydrogen-bond acceptors (Lipinski definition) is 4. The smallest absolute Gasteiger partial charge is 0.307 e. The molecule has 6 nitrogen and oxygen atoms in total. The number of nitrogens with zero attached hydrogens (tertiary/aromatic N) is 1. The van der Waals surface area contributed by atoms with Crippen LogP contribution < -0.4 is 10.1 Å². The number of nitrogens with one attached hydrogen (secondary N) is 1. The number of benzene rings is 2. The highest BCUT2D eigenvalue weighted by Crippen LogP contribution is 2.29. The van der Waals surface area contributed by atoms with Crippen molar-refractivity contribution >= 4 is 17.6 Å². The molecule has 1 heterocycles. The Kier molecular flexibility index (Phi) is 6.08. The topological polar surface area (TPSA) is 78.9 Å². The summed E-state index contributed by atoms with van der Waals surface area (Å²) < 4.78 is 5.90. The van der Waals surface area contributed by atoms with E-state index in [1.807, 2.05) is 48.2 Å². The Morgan fingerprint density at radius 3 is 2.67 bits per heavy atom. The van der Waals surface area contributed by atoms with Crippen molar-refractivity contribution in [3.8, 4) is 11.5 Å². The van der Waals surface area contributed by atoms with E-state index in [9.17, 15) is 14.7 Å². The lowest BCUT2D eigenvalue weighted by atomic mass is 9.98. The predicted molar refractivity (Wildman–Crippen MR) is 103 cm³/mol. The third kappa shape index (κ3) is 5.31. The van der Waals surface area contributed by atoms with E-state index >= 15 is 0 Å². The molecule has 1 amide bonds. The summed E-state index contributed by atoms with van der Waals surface area (Å²) in [5.74, 6) is -0.110. The number of amides is 1. The van der Waals surface area contributed by atoms with E-state index in [4.69, 9.17) is 4.74 Å². The maximum atomic E-state index is 12.5. The van der Waals surface area contributed by atoms with Crippen molar-refractivity contribution in [2.45, 2.75) is 19.8 Å². The van der Waals surface area contributed by atoms with Gasteiger partial charge < -0.3 is 15.2 Å². The molecule has 6 heteroatoms. The molecule has 3 rings (SSSR count). The molecule has 2 aromatic rings. The molecule has 1 fully saturated rings. The number of aryl methyl sites for hydroxylation is 1. The van der Waals surface area contributed by atoms with Crippen LogP contribution in [0.25, 0.3) is 0 Å². The van der Waals surface area contributed by atoms with Crippen LogP contribution >= 0.6 is 0 Å². The number of anilines is 1. The summed E-state index contributed by atoms with van der Waals surface area (Å²) in [4.78, 5) is 25.5. The highest BCUT2D eigenvalue weighted by molar-refractivity contribution is 5.93. The Labute approximate surface area is 158 Å². The van der Waals surface area contributed by atoms with Gasteiger partial charge in [0.1, 0.15) is 5.75 Å². The fraction of sp³-hybridized carbons (Fsp3) is 0.333. The number of piperidine rings is 1. The van der Waals surface area contributed by atoms with Crippen LogP contribution in [0.3, 0.4) is 0 Å². The Balaban J connectivity index is 1.62. The van der Waals surface area contributed by atoms with Gasteiger partial charge in [-0.15, -0.1) is 0 Å². The van der Waals surface area contributed by atoms with Gasteiger partial charge in [0.25, 0.3) is 0 Å². The first-order valence-corrected chi connectivity index (χ1v) is 9.10. The number of carboxylic acid groups (broad SMARTS) is 1. The molecule has 0 spiro atoms. The molecular weight excluding hydrogens is 344 g/mol. The number of aliphatic carboxylic acids is 1. The number of hydrogen-bond donors (Lipinski definition) is 2. The van der Waals surface area contributed by atoms with Gasteiger partial charge in [-0.1, -0.05) is 29.8 Å². The van der Waals surface area contributed by atoms with Crippen molar-refractivity contribution < 1.29 is 19.4 Å². The highest BCUT2D eigenvalue weighted by atomic mass is 16.5. The molecule has 0 aromatic heterocycles. The quantitative estimate of drug-likeness (QED) is 0.816. The van der Waals surface area contributed by atoms with Crippen molar-refractivity contribution in [1.82, 2.24) is 4.90 Å². The van der Waals surface area contributed by atoms with Gasteiger partial charge in [0.15, 0.2) is 5.75 Å². The van der Waals surface area contributed by atoms with E-state index in [0.717, 1.165) is 18.5 Å². The fourth-order valence-corrected chi connectivity index (χ4v) is 3.19. The van der Waals surface area contributed by atoms with Gasteiger partial charge >= 0.3 is 5.97 Å². The minimum Gasteiger partial charge on any atom is -0.481 e. The second kappa shape index (κ2) is 8.68. The minimum absolute atomic E-state index is 0.169. The van der Waals surface area contributed by atoms with Gasteiger partial charge in [-0.2, -0.15) is 0 Å². The number of likely N-dealkylation sites (tertiary alicyclic amines) is 1. The highest BCUT2D eigenvalue weighted by Gasteiger charge is 2.26. The summed E-state index contributed by atoms with van der Waals surface area (Å²) >= 11 is 0. The zero-order valence-electron chi connectivity index (χ0n) is 15.4. The number of ether oxygens (including phenoxy) is 1. The minimum atomic E-state index is -0.794. The number of rotatable bonds is 6. The molecule has 2 N–H and O–H groups in total. The molecule has 1 unspecified atom stereocenters. The molecular formula is C21H24N2O4. The van der Waals surface area contributed by atoms with Gasteiger partial charge in [0, 0.05) is 6.54 Å². The maximum absolute atomic E-state index is 12.5. The van der Waals surface area contributed by atoms with Crippen molar-refractivity contribution in [3.05, 3.63) is 54.1 Å². The molecule has 1 aliphatic heterocycles. The van der Waals surface area contributed by atoms with Crippen LogP contribution in [-0.4, -0.2) is 41.5 Å². The van der Waals surface area contributed by atoms with Crippen LogP contribution in [0, 0.1) is 12.8 Å². The van der Waals surface area contributed by atoms with Crippen LogP contribution in [0.15, 0.2) is 48.5 Å². The zero-order valence-corrected chi connectivity index (χ0v) is 15.4. The molecule has 1 aliphatic rings. The fourth-order valence-electron chi connectivity index (χ4n) is 3.19. The summed E-state index contributed by atoms with van der Waals surface area (Å²) in [6.45, 7) is 3.32. The number of carbonyl (C=O) groups is 2. The lowest BCUT2D eigenvalue weighted by molar-refractivity contribution is -0.144. The van der Waals surface area contributed by atoms with Gasteiger partial charge in [0.05, 0.1) is 18.2 Å². The molecule has 0 bridgehead atoms. The number of para-hydroxylation sites is 2. The SMILES string of the molecule is Cc1ccc(Oc2ccccc2NC(=O)CN2CCCC(C(=O)O)C2)cc1. The Morgan fingerprint density at radius 2 is 1.93 bits per heavy atom. The second-order valence-corrected chi connectivity index (χ2v) is 6.87. The van der Waals surface area contributed by atoms with Crippen LogP contribution in [-0.2, 0) is 9.59 Å². The van der Waals surface area contributed by atoms with E-state index < -0.39 is 11.9 Å². The molecule has 0 saturated carbocycles. The van der Waals surface area contributed by atoms with E-state index in [1.54, 1.807) is 12.1 Å². The normalized spacial score (nSPS) is 17.3. The molecule has 0 aliphatic carbocycles. The van der Waals surface area contributed by atoms with Crippen molar-refractivity contribution in [1.29, 1.82) is 0 Å². The van der Waals surface area contributed by atoms with Crippen LogP contribution in [0.2, 0.25) is 0 Å². The average molecular weight is 368 g/mol. The monoisotopic (exact) mass is 368 g/mol.